The number of carbonyl (C=O) groups is 3. The van der Waals surface area contributed by atoms with Crippen LogP contribution in [0.15, 0.2) is 30.4 Å². The molecule has 5 aliphatic rings. The summed E-state index contributed by atoms with van der Waals surface area (Å²) in [4.78, 5) is 38.4. The van der Waals surface area contributed by atoms with Crippen molar-refractivity contribution in [3.8, 4) is 0 Å². The number of carboxylic acids is 1. The SMILES string of the molecule is O=C(O)c1cc(N2C(=O)[C@H]3[C@@H]4C=C[C@H]([C@@H]5C[C@H]45)[C@@H]3C2=O)ccc1Cl. The summed E-state index contributed by atoms with van der Waals surface area (Å²) in [5.74, 6) is -0.783. The highest BCUT2D eigenvalue weighted by molar-refractivity contribution is 6.34. The molecule has 122 valence electrons. The van der Waals surface area contributed by atoms with Gasteiger partial charge >= 0.3 is 5.97 Å². The molecule has 0 unspecified atom stereocenters. The largest absolute Gasteiger partial charge is 0.478 e. The smallest absolute Gasteiger partial charge is 0.337 e. The fraction of sp³-hybridized carbons (Fsp3) is 0.389. The van der Waals surface area contributed by atoms with E-state index in [1.165, 1.54) is 23.1 Å². The first-order chi connectivity index (χ1) is 11.5. The Kier molecular flexibility index (Phi) is 2.65. The minimum Gasteiger partial charge on any atom is -0.478 e. The number of rotatable bonds is 2. The number of aromatic carboxylic acids is 1. The third kappa shape index (κ3) is 1.63. The van der Waals surface area contributed by atoms with Crippen LogP contribution in [0.5, 0.6) is 0 Å². The van der Waals surface area contributed by atoms with Crippen LogP contribution in [-0.4, -0.2) is 22.9 Å². The van der Waals surface area contributed by atoms with Gasteiger partial charge in [0.1, 0.15) is 0 Å². The molecular weight excluding hydrogens is 330 g/mol. The molecule has 1 heterocycles. The predicted molar refractivity (Wildman–Crippen MR) is 85.6 cm³/mol. The van der Waals surface area contributed by atoms with Crippen LogP contribution in [0.2, 0.25) is 5.02 Å². The molecule has 1 aromatic carbocycles. The van der Waals surface area contributed by atoms with Crippen molar-refractivity contribution >= 4 is 35.1 Å². The van der Waals surface area contributed by atoms with E-state index in [0.29, 0.717) is 17.5 Å². The van der Waals surface area contributed by atoms with E-state index in [4.69, 9.17) is 11.6 Å². The Morgan fingerprint density at radius 3 is 2.21 bits per heavy atom. The lowest BCUT2D eigenvalue weighted by atomic mass is 9.63. The second-order valence-electron chi connectivity index (χ2n) is 7.14. The van der Waals surface area contributed by atoms with Crippen LogP contribution in [-0.2, 0) is 9.59 Å². The minimum atomic E-state index is -1.18. The van der Waals surface area contributed by atoms with Gasteiger partial charge in [0.25, 0.3) is 0 Å². The zero-order chi connectivity index (χ0) is 16.7. The van der Waals surface area contributed by atoms with Gasteiger partial charge in [0, 0.05) is 0 Å². The van der Waals surface area contributed by atoms with Gasteiger partial charge in [-0.1, -0.05) is 23.8 Å². The van der Waals surface area contributed by atoms with E-state index < -0.39 is 5.97 Å². The van der Waals surface area contributed by atoms with E-state index in [0.717, 1.165) is 6.42 Å². The summed E-state index contributed by atoms with van der Waals surface area (Å²) >= 11 is 5.89. The molecule has 6 atom stereocenters. The Bertz CT molecular complexity index is 811. The highest BCUT2D eigenvalue weighted by Gasteiger charge is 2.67. The van der Waals surface area contributed by atoms with Crippen molar-refractivity contribution in [2.45, 2.75) is 6.42 Å². The maximum absolute atomic E-state index is 13.0. The van der Waals surface area contributed by atoms with Crippen molar-refractivity contribution in [1.29, 1.82) is 0 Å². The zero-order valence-electron chi connectivity index (χ0n) is 12.6. The van der Waals surface area contributed by atoms with Crippen molar-refractivity contribution in [3.05, 3.63) is 40.9 Å². The number of nitrogens with zero attached hydrogens (tertiary/aromatic N) is 1. The van der Waals surface area contributed by atoms with Gasteiger partial charge in [0.2, 0.25) is 11.8 Å². The molecule has 6 rings (SSSR count). The Hall–Kier alpha value is -2.14. The Morgan fingerprint density at radius 1 is 1.08 bits per heavy atom. The van der Waals surface area contributed by atoms with Gasteiger partial charge in [-0.25, -0.2) is 9.69 Å². The molecule has 0 radical (unpaired) electrons. The number of anilines is 1. The number of benzene rings is 1. The summed E-state index contributed by atoms with van der Waals surface area (Å²) in [6.45, 7) is 0. The molecule has 0 spiro atoms. The maximum atomic E-state index is 13.0. The lowest BCUT2D eigenvalue weighted by Gasteiger charge is -2.37. The topological polar surface area (TPSA) is 74.7 Å². The van der Waals surface area contributed by atoms with Gasteiger partial charge in [-0.3, -0.25) is 9.59 Å². The van der Waals surface area contributed by atoms with Crippen LogP contribution in [0, 0.1) is 35.5 Å². The summed E-state index contributed by atoms with van der Waals surface area (Å²) < 4.78 is 0. The average Bonchev–Trinajstić information content (AvgIpc) is 3.33. The molecule has 1 aliphatic heterocycles. The van der Waals surface area contributed by atoms with Crippen molar-refractivity contribution < 1.29 is 19.5 Å². The molecule has 2 bridgehead atoms. The fourth-order valence-electron chi connectivity index (χ4n) is 5.03. The standard InChI is InChI=1S/C18H14ClNO4/c19-13-4-1-7(5-12(13)18(23)24)20-16(21)14-8-2-3-9(11-6-10(8)11)15(14)17(20)22/h1-5,8-11,14-15H,6H2,(H,23,24)/t8-,9-,10-,11+,14+,15+/m1/s1. The molecule has 4 aliphatic carbocycles. The van der Waals surface area contributed by atoms with Gasteiger partial charge in [0.15, 0.2) is 0 Å². The van der Waals surface area contributed by atoms with E-state index >= 15 is 0 Å². The van der Waals surface area contributed by atoms with Gasteiger partial charge in [-0.15, -0.1) is 0 Å². The number of carbonyl (C=O) groups excluding carboxylic acids is 2. The monoisotopic (exact) mass is 343 g/mol. The summed E-state index contributed by atoms with van der Waals surface area (Å²) in [6.07, 6.45) is 5.33. The van der Waals surface area contributed by atoms with Crippen LogP contribution in [0.1, 0.15) is 16.8 Å². The first-order valence-corrected chi connectivity index (χ1v) is 8.46. The number of allylic oxidation sites excluding steroid dienone is 2. The fourth-order valence-corrected chi connectivity index (χ4v) is 5.23. The number of hydrogen-bond acceptors (Lipinski definition) is 3. The van der Waals surface area contributed by atoms with Crippen LogP contribution >= 0.6 is 11.6 Å². The van der Waals surface area contributed by atoms with Gasteiger partial charge < -0.3 is 5.11 Å². The number of halogens is 1. The van der Waals surface area contributed by atoms with Crippen LogP contribution in [0.3, 0.4) is 0 Å². The van der Waals surface area contributed by atoms with Crippen LogP contribution in [0.4, 0.5) is 5.69 Å². The Morgan fingerprint density at radius 2 is 1.67 bits per heavy atom. The predicted octanol–water partition coefficient (Wildman–Crippen LogP) is 2.60. The van der Waals surface area contributed by atoms with Crippen molar-refractivity contribution in [2.75, 3.05) is 4.90 Å². The molecule has 6 heteroatoms. The van der Waals surface area contributed by atoms with E-state index in [1.54, 1.807) is 0 Å². The first kappa shape index (κ1) is 14.2. The molecule has 5 nitrogen and oxygen atoms in total. The lowest BCUT2D eigenvalue weighted by molar-refractivity contribution is -0.124. The van der Waals surface area contributed by atoms with Gasteiger partial charge in [0.05, 0.1) is 28.1 Å². The molecule has 1 saturated heterocycles. The molecule has 1 N–H and O–H groups in total. The van der Waals surface area contributed by atoms with Crippen LogP contribution in [0.25, 0.3) is 0 Å². The van der Waals surface area contributed by atoms with Crippen molar-refractivity contribution in [1.82, 2.24) is 0 Å². The van der Waals surface area contributed by atoms with E-state index in [9.17, 15) is 19.5 Å². The van der Waals surface area contributed by atoms with Crippen molar-refractivity contribution in [2.24, 2.45) is 35.5 Å². The number of carboxylic acid groups (broad SMARTS) is 1. The molecular formula is C18H14ClNO4. The van der Waals surface area contributed by atoms with Gasteiger partial charge in [-0.05, 0) is 48.3 Å². The molecule has 1 aromatic rings. The molecule has 0 aromatic heterocycles. The summed E-state index contributed by atoms with van der Waals surface area (Å²) in [7, 11) is 0. The van der Waals surface area contributed by atoms with E-state index in [1.807, 2.05) is 0 Å². The molecule has 3 fully saturated rings. The van der Waals surface area contributed by atoms with E-state index in [-0.39, 0.29) is 46.1 Å². The first-order valence-electron chi connectivity index (χ1n) is 8.08. The molecule has 2 saturated carbocycles. The zero-order valence-corrected chi connectivity index (χ0v) is 13.3. The normalized spacial score (nSPS) is 38.3. The number of amides is 2. The summed E-state index contributed by atoms with van der Waals surface area (Å²) in [5, 5.41) is 9.31. The second-order valence-corrected chi connectivity index (χ2v) is 7.54. The van der Waals surface area contributed by atoms with Gasteiger partial charge in [-0.2, -0.15) is 0 Å². The number of imide groups is 1. The Balaban J connectivity index is 1.57. The molecule has 24 heavy (non-hydrogen) atoms. The van der Waals surface area contributed by atoms with E-state index in [2.05, 4.69) is 12.2 Å². The Labute approximate surface area is 142 Å². The highest BCUT2D eigenvalue weighted by atomic mass is 35.5. The number of hydrogen-bond donors (Lipinski definition) is 1. The molecule has 2 amide bonds. The third-order valence-electron chi connectivity index (χ3n) is 6.10. The summed E-state index contributed by atoms with van der Waals surface area (Å²) in [5.41, 5.74) is 0.197. The quantitative estimate of drug-likeness (QED) is 0.661. The van der Waals surface area contributed by atoms with Crippen LogP contribution < -0.4 is 4.90 Å². The minimum absolute atomic E-state index is 0.0886. The maximum Gasteiger partial charge on any atom is 0.337 e. The van der Waals surface area contributed by atoms with Crippen molar-refractivity contribution in [3.63, 3.8) is 0 Å². The second kappa shape index (κ2) is 4.48. The lowest BCUT2D eigenvalue weighted by Crippen LogP contribution is -2.40. The average molecular weight is 344 g/mol. The third-order valence-corrected chi connectivity index (χ3v) is 6.43. The summed E-state index contributed by atoms with van der Waals surface area (Å²) in [6, 6.07) is 4.28. The highest BCUT2D eigenvalue weighted by Crippen LogP contribution is 2.65.